The van der Waals surface area contributed by atoms with Crippen LogP contribution in [0.15, 0.2) is 82.6 Å². The summed E-state index contributed by atoms with van der Waals surface area (Å²) >= 11 is 1.71. The summed E-state index contributed by atoms with van der Waals surface area (Å²) in [6.07, 6.45) is 0. The monoisotopic (exact) mass is 292 g/mol. The highest BCUT2D eigenvalue weighted by Gasteiger charge is 2.07. The first kappa shape index (κ1) is 13.6. The summed E-state index contributed by atoms with van der Waals surface area (Å²) in [5.74, 6) is 0. The molecule has 0 heterocycles. The van der Waals surface area contributed by atoms with Crippen molar-refractivity contribution < 1.29 is 0 Å². The molecular formula is C18H16N2S. The van der Waals surface area contributed by atoms with E-state index in [1.807, 2.05) is 54.6 Å². The van der Waals surface area contributed by atoms with Crippen LogP contribution in [-0.2, 0) is 0 Å². The molecular weight excluding hydrogens is 276 g/mol. The molecule has 0 amide bonds. The summed E-state index contributed by atoms with van der Waals surface area (Å²) in [6, 6.07) is 24.1. The molecule has 0 saturated carbocycles. The predicted molar refractivity (Wildman–Crippen MR) is 91.3 cm³/mol. The molecule has 4 N–H and O–H groups in total. The van der Waals surface area contributed by atoms with E-state index in [0.29, 0.717) is 0 Å². The maximum Gasteiger partial charge on any atom is 0.0395 e. The van der Waals surface area contributed by atoms with Gasteiger partial charge in [0.25, 0.3) is 0 Å². The minimum absolute atomic E-state index is 0.741. The van der Waals surface area contributed by atoms with E-state index in [9.17, 15) is 0 Å². The molecule has 0 unspecified atom stereocenters. The van der Waals surface area contributed by atoms with Crippen LogP contribution >= 0.6 is 11.8 Å². The van der Waals surface area contributed by atoms with Crippen LogP contribution in [0.4, 0.5) is 11.4 Å². The zero-order chi connectivity index (χ0) is 14.7. The van der Waals surface area contributed by atoms with E-state index in [2.05, 4.69) is 18.2 Å². The molecule has 0 saturated heterocycles. The van der Waals surface area contributed by atoms with Crippen molar-refractivity contribution in [1.29, 1.82) is 0 Å². The van der Waals surface area contributed by atoms with Gasteiger partial charge in [-0.1, -0.05) is 48.2 Å². The van der Waals surface area contributed by atoms with Gasteiger partial charge in [0.15, 0.2) is 0 Å². The summed E-state index contributed by atoms with van der Waals surface area (Å²) in [4.78, 5) is 2.35. The molecule has 0 fully saturated rings. The van der Waals surface area contributed by atoms with Crippen LogP contribution in [0.2, 0.25) is 0 Å². The van der Waals surface area contributed by atoms with Gasteiger partial charge in [-0.15, -0.1) is 0 Å². The number of hydrogen-bond acceptors (Lipinski definition) is 3. The molecule has 0 aromatic heterocycles. The van der Waals surface area contributed by atoms with Crippen molar-refractivity contribution in [3.8, 4) is 11.1 Å². The Morgan fingerprint density at radius 2 is 1.24 bits per heavy atom. The molecule has 21 heavy (non-hydrogen) atoms. The van der Waals surface area contributed by atoms with Crippen LogP contribution in [0.25, 0.3) is 11.1 Å². The van der Waals surface area contributed by atoms with Crippen molar-refractivity contribution in [3.05, 3.63) is 72.8 Å². The second-order valence-corrected chi connectivity index (χ2v) is 5.90. The number of hydrogen-bond donors (Lipinski definition) is 2. The maximum absolute atomic E-state index is 6.12. The first-order valence-corrected chi connectivity index (χ1v) is 7.53. The molecule has 3 rings (SSSR count). The molecule has 3 aromatic carbocycles. The van der Waals surface area contributed by atoms with E-state index in [0.717, 1.165) is 27.4 Å². The number of nitrogen functional groups attached to an aromatic ring is 2. The van der Waals surface area contributed by atoms with E-state index in [4.69, 9.17) is 11.5 Å². The highest BCUT2D eigenvalue weighted by Crippen LogP contribution is 2.36. The molecule has 3 heteroatoms. The standard InChI is InChI=1S/C18H16N2S/c19-17-9-5-4-8-15(17)16-12-14(10-11-18(16)20)21-13-6-2-1-3-7-13/h1-12H,19-20H2. The number of para-hydroxylation sites is 1. The molecule has 0 atom stereocenters. The molecule has 0 aliphatic carbocycles. The smallest absolute Gasteiger partial charge is 0.0395 e. The second-order valence-electron chi connectivity index (χ2n) is 4.75. The van der Waals surface area contributed by atoms with Crippen LogP contribution < -0.4 is 11.5 Å². The summed E-state index contributed by atoms with van der Waals surface area (Å²) in [5.41, 5.74) is 15.6. The van der Waals surface area contributed by atoms with E-state index < -0.39 is 0 Å². The number of nitrogens with two attached hydrogens (primary N) is 2. The Hall–Kier alpha value is -2.39. The van der Waals surface area contributed by atoms with Crippen LogP contribution in [0.5, 0.6) is 0 Å². The van der Waals surface area contributed by atoms with Gasteiger partial charge in [0.05, 0.1) is 0 Å². The minimum atomic E-state index is 0.741. The molecule has 0 aliphatic rings. The van der Waals surface area contributed by atoms with Crippen molar-refractivity contribution in [2.45, 2.75) is 9.79 Å². The highest BCUT2D eigenvalue weighted by molar-refractivity contribution is 7.99. The SMILES string of the molecule is Nc1ccccc1-c1cc(Sc2ccccc2)ccc1N. The van der Waals surface area contributed by atoms with Gasteiger partial charge in [-0.3, -0.25) is 0 Å². The Kier molecular flexibility index (Phi) is 3.84. The summed E-state index contributed by atoms with van der Waals surface area (Å²) in [7, 11) is 0. The average molecular weight is 292 g/mol. The Morgan fingerprint density at radius 1 is 0.571 bits per heavy atom. The summed E-state index contributed by atoms with van der Waals surface area (Å²) in [6.45, 7) is 0. The van der Waals surface area contributed by atoms with Gasteiger partial charge in [-0.25, -0.2) is 0 Å². The van der Waals surface area contributed by atoms with Crippen LogP contribution in [0, 0.1) is 0 Å². The number of rotatable bonds is 3. The zero-order valence-corrected chi connectivity index (χ0v) is 12.3. The summed E-state index contributed by atoms with van der Waals surface area (Å²) < 4.78 is 0. The Morgan fingerprint density at radius 3 is 2.00 bits per heavy atom. The molecule has 104 valence electrons. The average Bonchev–Trinajstić information content (AvgIpc) is 2.51. The fraction of sp³-hybridized carbons (Fsp3) is 0. The van der Waals surface area contributed by atoms with Gasteiger partial charge in [-0.2, -0.15) is 0 Å². The first-order chi connectivity index (χ1) is 10.2. The highest BCUT2D eigenvalue weighted by atomic mass is 32.2. The minimum Gasteiger partial charge on any atom is -0.398 e. The summed E-state index contributed by atoms with van der Waals surface area (Å²) in [5, 5.41) is 0. The van der Waals surface area contributed by atoms with Crippen molar-refractivity contribution >= 4 is 23.1 Å². The van der Waals surface area contributed by atoms with Crippen molar-refractivity contribution in [2.75, 3.05) is 11.5 Å². The first-order valence-electron chi connectivity index (χ1n) is 6.71. The van der Waals surface area contributed by atoms with Gasteiger partial charge in [0.1, 0.15) is 0 Å². The molecule has 0 aliphatic heterocycles. The molecule has 0 bridgehead atoms. The third-order valence-electron chi connectivity index (χ3n) is 3.25. The lowest BCUT2D eigenvalue weighted by Gasteiger charge is -2.11. The maximum atomic E-state index is 6.12. The van der Waals surface area contributed by atoms with E-state index in [1.165, 1.54) is 4.90 Å². The van der Waals surface area contributed by atoms with E-state index in [1.54, 1.807) is 11.8 Å². The van der Waals surface area contributed by atoms with Gasteiger partial charge < -0.3 is 11.5 Å². The van der Waals surface area contributed by atoms with E-state index >= 15 is 0 Å². The molecule has 0 radical (unpaired) electrons. The normalized spacial score (nSPS) is 10.5. The van der Waals surface area contributed by atoms with Crippen molar-refractivity contribution in [1.82, 2.24) is 0 Å². The fourth-order valence-corrected chi connectivity index (χ4v) is 3.08. The largest absolute Gasteiger partial charge is 0.398 e. The third-order valence-corrected chi connectivity index (χ3v) is 4.25. The number of benzene rings is 3. The van der Waals surface area contributed by atoms with Gasteiger partial charge in [0, 0.05) is 32.3 Å². The Balaban J connectivity index is 1.99. The van der Waals surface area contributed by atoms with Crippen LogP contribution in [-0.4, -0.2) is 0 Å². The molecule has 3 aromatic rings. The van der Waals surface area contributed by atoms with Crippen LogP contribution in [0.1, 0.15) is 0 Å². The lowest BCUT2D eigenvalue weighted by molar-refractivity contribution is 1.40. The van der Waals surface area contributed by atoms with E-state index in [-0.39, 0.29) is 0 Å². The lowest BCUT2D eigenvalue weighted by atomic mass is 10.0. The Bertz CT molecular complexity index is 754. The number of anilines is 2. The van der Waals surface area contributed by atoms with Crippen molar-refractivity contribution in [3.63, 3.8) is 0 Å². The molecule has 2 nitrogen and oxygen atoms in total. The molecule has 0 spiro atoms. The lowest BCUT2D eigenvalue weighted by Crippen LogP contribution is -1.94. The quantitative estimate of drug-likeness (QED) is 0.690. The predicted octanol–water partition coefficient (Wildman–Crippen LogP) is 4.67. The fourth-order valence-electron chi connectivity index (χ4n) is 2.20. The van der Waals surface area contributed by atoms with Gasteiger partial charge >= 0.3 is 0 Å². The van der Waals surface area contributed by atoms with Gasteiger partial charge in [0.2, 0.25) is 0 Å². The van der Waals surface area contributed by atoms with Crippen molar-refractivity contribution in [2.24, 2.45) is 0 Å². The topological polar surface area (TPSA) is 52.0 Å². The Labute approximate surface area is 128 Å². The van der Waals surface area contributed by atoms with Gasteiger partial charge in [-0.05, 0) is 36.4 Å². The second kappa shape index (κ2) is 5.94. The third kappa shape index (κ3) is 3.03. The van der Waals surface area contributed by atoms with Crippen LogP contribution in [0.3, 0.4) is 0 Å². The zero-order valence-electron chi connectivity index (χ0n) is 11.5.